The number of nitrogens with zero attached hydrogens (tertiary/aromatic N) is 1. The molecule has 0 aliphatic carbocycles. The fourth-order valence-corrected chi connectivity index (χ4v) is 2.04. The lowest BCUT2D eigenvalue weighted by molar-refractivity contribution is 0.0925. The number of aromatic nitrogens is 1. The van der Waals surface area contributed by atoms with E-state index >= 15 is 0 Å². The number of hydrogen-bond acceptors (Lipinski definition) is 4. The molecule has 0 radical (unpaired) electrons. The molecule has 102 valence electrons. The van der Waals surface area contributed by atoms with E-state index < -0.39 is 23.3 Å². The van der Waals surface area contributed by atoms with Crippen LogP contribution in [0.1, 0.15) is 20.7 Å². The lowest BCUT2D eigenvalue weighted by atomic mass is 10.1. The lowest BCUT2D eigenvalue weighted by Crippen LogP contribution is -2.30. The number of carbonyl (C=O) groups is 2. The molecule has 0 unspecified atom stereocenters. The van der Waals surface area contributed by atoms with Crippen molar-refractivity contribution in [2.45, 2.75) is 0 Å². The molecule has 2 amide bonds. The van der Waals surface area contributed by atoms with Crippen LogP contribution >= 0.6 is 17.0 Å². The number of aromatic hydroxyl groups is 1. The van der Waals surface area contributed by atoms with E-state index in [1.54, 1.807) is 12.1 Å². The number of carbonyl (C=O) groups excluding carboxylic acids is 2. The van der Waals surface area contributed by atoms with Crippen molar-refractivity contribution in [3.05, 3.63) is 57.9 Å². The van der Waals surface area contributed by atoms with E-state index in [1.807, 2.05) is 0 Å². The Morgan fingerprint density at radius 1 is 0.900 bits per heavy atom. The number of H-pyrrole nitrogens is 1. The largest absolute Gasteiger partial charge is 0.493 e. The molecule has 1 aliphatic rings. The summed E-state index contributed by atoms with van der Waals surface area (Å²) in [6.07, 6.45) is 0. The summed E-state index contributed by atoms with van der Waals surface area (Å²) in [5.41, 5.74) is -0.000130. The summed E-state index contributed by atoms with van der Waals surface area (Å²) in [5.74, 6) is -1.56. The van der Waals surface area contributed by atoms with Gasteiger partial charge in [-0.25, -0.2) is 4.90 Å². The third-order valence-electron chi connectivity index (χ3n) is 2.91. The van der Waals surface area contributed by atoms with Crippen molar-refractivity contribution >= 4 is 34.5 Å². The summed E-state index contributed by atoms with van der Waals surface area (Å²) >= 11 is 0. The molecule has 0 spiro atoms. The van der Waals surface area contributed by atoms with Crippen molar-refractivity contribution in [1.82, 2.24) is 4.98 Å². The van der Waals surface area contributed by atoms with Gasteiger partial charge >= 0.3 is 0 Å². The van der Waals surface area contributed by atoms with Crippen molar-refractivity contribution in [2.75, 3.05) is 4.90 Å². The summed E-state index contributed by atoms with van der Waals surface area (Å²) < 4.78 is 0. The van der Waals surface area contributed by atoms with Crippen LogP contribution in [0.5, 0.6) is 5.88 Å². The highest BCUT2D eigenvalue weighted by atomic mass is 79.9. The number of hydrogen-bond donors (Lipinski definition) is 2. The molecule has 1 aliphatic heterocycles. The van der Waals surface area contributed by atoms with Crippen LogP contribution in [0, 0.1) is 0 Å². The topological polar surface area (TPSA) is 90.5 Å². The van der Waals surface area contributed by atoms with E-state index in [2.05, 4.69) is 4.98 Å². The van der Waals surface area contributed by atoms with Gasteiger partial charge in [0, 0.05) is 6.07 Å². The second-order valence-corrected chi connectivity index (χ2v) is 4.05. The third-order valence-corrected chi connectivity index (χ3v) is 2.91. The van der Waals surface area contributed by atoms with Crippen molar-refractivity contribution in [3.8, 4) is 5.88 Å². The Morgan fingerprint density at radius 2 is 1.45 bits per heavy atom. The fraction of sp³-hybridized carbons (Fsp3) is 0. The summed E-state index contributed by atoms with van der Waals surface area (Å²) in [6.45, 7) is 0. The minimum absolute atomic E-state index is 0. The SMILES string of the molecule is Br.O=C1c2ccccc2C(=O)N1c1ccc(=O)[nH]c1O. The third kappa shape index (κ3) is 1.92. The first-order valence-electron chi connectivity index (χ1n) is 5.49. The summed E-state index contributed by atoms with van der Waals surface area (Å²) in [7, 11) is 0. The van der Waals surface area contributed by atoms with Gasteiger partial charge in [-0.1, -0.05) is 12.1 Å². The van der Waals surface area contributed by atoms with Crippen LogP contribution in [0.25, 0.3) is 0 Å². The second-order valence-electron chi connectivity index (χ2n) is 4.05. The lowest BCUT2D eigenvalue weighted by Gasteiger charge is -2.14. The summed E-state index contributed by atoms with van der Waals surface area (Å²) in [6, 6.07) is 8.76. The summed E-state index contributed by atoms with van der Waals surface area (Å²) in [5, 5.41) is 9.66. The molecule has 20 heavy (non-hydrogen) atoms. The molecular weight excluding hydrogens is 328 g/mol. The zero-order valence-electron chi connectivity index (χ0n) is 9.99. The number of imide groups is 1. The van der Waals surface area contributed by atoms with E-state index in [-0.39, 0.29) is 33.8 Å². The van der Waals surface area contributed by atoms with E-state index in [1.165, 1.54) is 18.2 Å². The molecule has 0 bridgehead atoms. The first kappa shape index (κ1) is 14.0. The quantitative estimate of drug-likeness (QED) is 0.771. The van der Waals surface area contributed by atoms with Crippen LogP contribution in [0.2, 0.25) is 0 Å². The Labute approximate surface area is 123 Å². The molecule has 0 saturated carbocycles. The number of fused-ring (bicyclic) bond motifs is 1. The maximum Gasteiger partial charge on any atom is 0.266 e. The number of amides is 2. The highest BCUT2D eigenvalue weighted by Gasteiger charge is 2.37. The van der Waals surface area contributed by atoms with Gasteiger partial charge in [0.1, 0.15) is 5.69 Å². The standard InChI is InChI=1S/C13H8N2O4.BrH/c16-10-6-5-9(11(17)14-10)15-12(18)7-3-1-2-4-8(7)13(15)19;/h1-6H,(H2,14,16,17);1H. The van der Waals surface area contributed by atoms with Gasteiger partial charge in [-0.2, -0.15) is 0 Å². The van der Waals surface area contributed by atoms with E-state index in [4.69, 9.17) is 0 Å². The van der Waals surface area contributed by atoms with Crippen LogP contribution in [0.15, 0.2) is 41.2 Å². The van der Waals surface area contributed by atoms with Gasteiger partial charge in [0.2, 0.25) is 5.88 Å². The molecule has 3 rings (SSSR count). The highest BCUT2D eigenvalue weighted by molar-refractivity contribution is 8.93. The average molecular weight is 337 g/mol. The smallest absolute Gasteiger partial charge is 0.266 e. The number of halogens is 1. The molecule has 0 saturated heterocycles. The molecule has 7 heteroatoms. The number of anilines is 1. The van der Waals surface area contributed by atoms with Crippen LogP contribution in [0.4, 0.5) is 5.69 Å². The molecule has 1 aromatic heterocycles. The molecule has 2 heterocycles. The van der Waals surface area contributed by atoms with Crippen LogP contribution in [-0.4, -0.2) is 21.9 Å². The molecule has 0 atom stereocenters. The number of nitrogens with one attached hydrogen (secondary N) is 1. The number of benzene rings is 1. The van der Waals surface area contributed by atoms with Crippen molar-refractivity contribution < 1.29 is 14.7 Å². The minimum atomic E-state index is -0.525. The van der Waals surface area contributed by atoms with Gasteiger partial charge in [-0.3, -0.25) is 19.4 Å². The van der Waals surface area contributed by atoms with Gasteiger partial charge < -0.3 is 5.11 Å². The Hall–Kier alpha value is -2.41. The first-order valence-corrected chi connectivity index (χ1v) is 5.49. The van der Waals surface area contributed by atoms with Crippen molar-refractivity contribution in [3.63, 3.8) is 0 Å². The summed E-state index contributed by atoms with van der Waals surface area (Å²) in [4.78, 5) is 38.3. The van der Waals surface area contributed by atoms with E-state index in [0.717, 1.165) is 11.0 Å². The Bertz CT molecular complexity index is 734. The molecule has 6 nitrogen and oxygen atoms in total. The average Bonchev–Trinajstić information content (AvgIpc) is 2.64. The Morgan fingerprint density at radius 3 is 1.95 bits per heavy atom. The maximum atomic E-state index is 12.1. The Kier molecular flexibility index (Phi) is 3.46. The molecule has 0 fully saturated rings. The fourth-order valence-electron chi connectivity index (χ4n) is 2.04. The van der Waals surface area contributed by atoms with Gasteiger partial charge in [0.15, 0.2) is 0 Å². The number of rotatable bonds is 1. The zero-order valence-corrected chi connectivity index (χ0v) is 11.7. The van der Waals surface area contributed by atoms with Crippen molar-refractivity contribution in [1.29, 1.82) is 0 Å². The van der Waals surface area contributed by atoms with Gasteiger partial charge in [0.25, 0.3) is 17.4 Å². The van der Waals surface area contributed by atoms with E-state index in [9.17, 15) is 19.5 Å². The Balaban J connectivity index is 0.00000147. The zero-order chi connectivity index (χ0) is 13.6. The minimum Gasteiger partial charge on any atom is -0.493 e. The van der Waals surface area contributed by atoms with Crippen molar-refractivity contribution in [2.24, 2.45) is 0 Å². The first-order chi connectivity index (χ1) is 9.09. The molecule has 2 aromatic rings. The second kappa shape index (κ2) is 4.93. The molecule has 2 N–H and O–H groups in total. The number of pyridine rings is 1. The van der Waals surface area contributed by atoms with Crippen LogP contribution < -0.4 is 10.5 Å². The molecular formula is C13H9BrN2O4. The van der Waals surface area contributed by atoms with Gasteiger partial charge in [-0.15, -0.1) is 17.0 Å². The predicted octanol–water partition coefficient (Wildman–Crippen LogP) is 1.46. The monoisotopic (exact) mass is 336 g/mol. The normalized spacial score (nSPS) is 13.1. The van der Waals surface area contributed by atoms with Crippen LogP contribution in [-0.2, 0) is 0 Å². The highest BCUT2D eigenvalue weighted by Crippen LogP contribution is 2.31. The van der Waals surface area contributed by atoms with Gasteiger partial charge in [0.05, 0.1) is 11.1 Å². The predicted molar refractivity (Wildman–Crippen MR) is 76.6 cm³/mol. The molecule has 1 aromatic carbocycles. The maximum absolute atomic E-state index is 12.1. The van der Waals surface area contributed by atoms with Crippen LogP contribution in [0.3, 0.4) is 0 Å². The number of aromatic amines is 1. The van der Waals surface area contributed by atoms with E-state index in [0.29, 0.717) is 0 Å². The van der Waals surface area contributed by atoms with Gasteiger partial charge in [-0.05, 0) is 18.2 Å².